The number of amides is 2. The number of thioether (sulfide) groups is 1. The Balaban J connectivity index is 1.39. The number of fused-ring (bicyclic) bond motifs is 1. The van der Waals surface area contributed by atoms with Gasteiger partial charge in [-0.3, -0.25) is 9.59 Å². The maximum absolute atomic E-state index is 12.9. The maximum Gasteiger partial charge on any atom is 0.251 e. The molecule has 186 valence electrons. The van der Waals surface area contributed by atoms with E-state index in [1.807, 2.05) is 67.9 Å². The Morgan fingerprint density at radius 1 is 1.00 bits per heavy atom. The zero-order valence-electron chi connectivity index (χ0n) is 20.7. The van der Waals surface area contributed by atoms with Gasteiger partial charge in [0.2, 0.25) is 5.91 Å². The molecule has 1 heterocycles. The minimum atomic E-state index is -0.349. The van der Waals surface area contributed by atoms with Crippen molar-refractivity contribution in [2.45, 2.75) is 25.0 Å². The fraction of sp³-hybridized carbons (Fsp3) is 0.259. The number of hydrogen-bond acceptors (Lipinski definition) is 6. The molecule has 8 nitrogen and oxygen atoms in total. The fourth-order valence-corrected chi connectivity index (χ4v) is 4.53. The summed E-state index contributed by atoms with van der Waals surface area (Å²) < 4.78 is 6.99. The first-order valence-corrected chi connectivity index (χ1v) is 12.6. The average Bonchev–Trinajstić information content (AvgIpc) is 3.25. The van der Waals surface area contributed by atoms with Gasteiger partial charge in [-0.05, 0) is 53.1 Å². The third-order valence-corrected chi connectivity index (χ3v) is 6.84. The van der Waals surface area contributed by atoms with Crippen LogP contribution in [0, 0.1) is 5.92 Å². The molecule has 0 saturated heterocycles. The van der Waals surface area contributed by atoms with Crippen molar-refractivity contribution in [3.8, 4) is 5.75 Å². The SMILES string of the molecule is COc1ccc(C(=O)N[C@H](c2nnc(SCC(=O)Nc3ccc4ccccc4c3)n2C)C(C)C)cc1. The molecule has 4 aromatic rings. The standard InChI is InChI=1S/C27H29N5O3S/c1-17(2)24(29-26(34)19-10-13-22(35-4)14-11-19)25-30-31-27(32(25)3)36-16-23(33)28-21-12-9-18-7-5-6-8-20(18)15-21/h5-15,17,24H,16H2,1-4H3,(H,28,33)(H,29,34)/t24-/m0/s1. The van der Waals surface area contributed by atoms with Crippen LogP contribution < -0.4 is 15.4 Å². The van der Waals surface area contributed by atoms with Crippen molar-refractivity contribution >= 4 is 40.0 Å². The highest BCUT2D eigenvalue weighted by Gasteiger charge is 2.25. The zero-order valence-corrected chi connectivity index (χ0v) is 21.5. The lowest BCUT2D eigenvalue weighted by Crippen LogP contribution is -2.33. The summed E-state index contributed by atoms with van der Waals surface area (Å²) in [7, 11) is 3.43. The average molecular weight is 504 g/mol. The van der Waals surface area contributed by atoms with Crippen LogP contribution in [0.15, 0.2) is 71.9 Å². The molecule has 0 saturated carbocycles. The number of carbonyl (C=O) groups is 2. The van der Waals surface area contributed by atoms with E-state index in [0.29, 0.717) is 22.3 Å². The highest BCUT2D eigenvalue weighted by molar-refractivity contribution is 7.99. The molecular weight excluding hydrogens is 474 g/mol. The lowest BCUT2D eigenvalue weighted by Gasteiger charge is -2.21. The number of methoxy groups -OCH3 is 1. The highest BCUT2D eigenvalue weighted by Crippen LogP contribution is 2.25. The van der Waals surface area contributed by atoms with Gasteiger partial charge in [0.15, 0.2) is 11.0 Å². The number of hydrogen-bond donors (Lipinski definition) is 2. The van der Waals surface area contributed by atoms with Crippen molar-refractivity contribution in [2.75, 3.05) is 18.2 Å². The second-order valence-electron chi connectivity index (χ2n) is 8.72. The predicted octanol–water partition coefficient (Wildman–Crippen LogP) is 4.83. The maximum atomic E-state index is 12.9. The van der Waals surface area contributed by atoms with Gasteiger partial charge in [0.25, 0.3) is 5.91 Å². The fourth-order valence-electron chi connectivity index (χ4n) is 3.81. The van der Waals surface area contributed by atoms with Gasteiger partial charge in [-0.2, -0.15) is 0 Å². The molecule has 0 aliphatic rings. The molecule has 0 radical (unpaired) electrons. The number of benzene rings is 3. The second kappa shape index (κ2) is 11.3. The van der Waals surface area contributed by atoms with E-state index >= 15 is 0 Å². The third kappa shape index (κ3) is 5.85. The molecule has 0 bridgehead atoms. The first kappa shape index (κ1) is 25.2. The van der Waals surface area contributed by atoms with Crippen molar-refractivity contribution in [2.24, 2.45) is 13.0 Å². The Morgan fingerprint density at radius 2 is 1.72 bits per heavy atom. The summed E-state index contributed by atoms with van der Waals surface area (Å²) in [6, 6.07) is 20.4. The molecular formula is C27H29N5O3S. The molecule has 0 aliphatic carbocycles. The van der Waals surface area contributed by atoms with Gasteiger partial charge in [-0.25, -0.2) is 0 Å². The van der Waals surface area contributed by atoms with Gasteiger partial charge in [0, 0.05) is 18.3 Å². The first-order valence-electron chi connectivity index (χ1n) is 11.6. The summed E-state index contributed by atoms with van der Waals surface area (Å²) >= 11 is 1.30. The van der Waals surface area contributed by atoms with Crippen molar-refractivity contribution in [3.63, 3.8) is 0 Å². The summed E-state index contributed by atoms with van der Waals surface area (Å²) in [4.78, 5) is 25.4. The van der Waals surface area contributed by atoms with E-state index in [9.17, 15) is 9.59 Å². The normalized spacial score (nSPS) is 11.9. The second-order valence-corrected chi connectivity index (χ2v) is 9.66. The monoisotopic (exact) mass is 503 g/mol. The van der Waals surface area contributed by atoms with E-state index < -0.39 is 0 Å². The molecule has 1 aromatic heterocycles. The minimum absolute atomic E-state index is 0.0733. The molecule has 4 rings (SSSR count). The quantitative estimate of drug-likeness (QED) is 0.317. The van der Waals surface area contributed by atoms with E-state index in [1.165, 1.54) is 11.8 Å². The zero-order chi connectivity index (χ0) is 25.7. The van der Waals surface area contributed by atoms with Gasteiger partial charge in [-0.15, -0.1) is 10.2 Å². The van der Waals surface area contributed by atoms with Gasteiger partial charge < -0.3 is 19.9 Å². The summed E-state index contributed by atoms with van der Waals surface area (Å²) in [5.41, 5.74) is 1.28. The Hall–Kier alpha value is -3.85. The smallest absolute Gasteiger partial charge is 0.251 e. The molecule has 0 spiro atoms. The first-order chi connectivity index (χ1) is 17.4. The van der Waals surface area contributed by atoms with E-state index in [1.54, 1.807) is 31.4 Å². The minimum Gasteiger partial charge on any atom is -0.497 e. The van der Waals surface area contributed by atoms with E-state index in [-0.39, 0.29) is 29.5 Å². The lowest BCUT2D eigenvalue weighted by molar-refractivity contribution is -0.113. The molecule has 3 aromatic carbocycles. The van der Waals surface area contributed by atoms with Crippen LogP contribution in [0.2, 0.25) is 0 Å². The number of nitrogens with one attached hydrogen (secondary N) is 2. The Labute approximate surface area is 214 Å². The summed E-state index contributed by atoms with van der Waals surface area (Å²) in [6.07, 6.45) is 0. The van der Waals surface area contributed by atoms with Crippen LogP contribution in [0.1, 0.15) is 36.1 Å². The van der Waals surface area contributed by atoms with E-state index in [0.717, 1.165) is 16.5 Å². The molecule has 2 amide bonds. The molecule has 0 unspecified atom stereocenters. The Kier molecular flexibility index (Phi) is 7.90. The van der Waals surface area contributed by atoms with Gasteiger partial charge in [-0.1, -0.05) is 55.9 Å². The lowest BCUT2D eigenvalue weighted by atomic mass is 10.0. The number of ether oxygens (including phenoxy) is 1. The molecule has 36 heavy (non-hydrogen) atoms. The highest BCUT2D eigenvalue weighted by atomic mass is 32.2. The molecule has 1 atom stereocenters. The summed E-state index contributed by atoms with van der Waals surface area (Å²) in [6.45, 7) is 4.02. The molecule has 9 heteroatoms. The Bertz CT molecular complexity index is 1370. The van der Waals surface area contributed by atoms with E-state index in [4.69, 9.17) is 4.74 Å². The summed E-state index contributed by atoms with van der Waals surface area (Å²) in [5, 5.41) is 17.4. The van der Waals surface area contributed by atoms with Crippen LogP contribution in [0.3, 0.4) is 0 Å². The van der Waals surface area contributed by atoms with Crippen LogP contribution in [0.25, 0.3) is 10.8 Å². The van der Waals surface area contributed by atoms with Crippen LogP contribution in [-0.2, 0) is 11.8 Å². The Morgan fingerprint density at radius 3 is 2.42 bits per heavy atom. The summed E-state index contributed by atoms with van der Waals surface area (Å²) in [5.74, 6) is 1.24. The number of nitrogens with zero attached hydrogens (tertiary/aromatic N) is 3. The van der Waals surface area contributed by atoms with Crippen molar-refractivity contribution in [3.05, 3.63) is 78.1 Å². The van der Waals surface area contributed by atoms with Gasteiger partial charge >= 0.3 is 0 Å². The largest absolute Gasteiger partial charge is 0.497 e. The molecule has 2 N–H and O–H groups in total. The van der Waals surface area contributed by atoms with Crippen molar-refractivity contribution in [1.29, 1.82) is 0 Å². The number of aromatic nitrogens is 3. The van der Waals surface area contributed by atoms with Crippen molar-refractivity contribution in [1.82, 2.24) is 20.1 Å². The van der Waals surface area contributed by atoms with Crippen LogP contribution >= 0.6 is 11.8 Å². The van der Waals surface area contributed by atoms with Crippen LogP contribution in [0.5, 0.6) is 5.75 Å². The predicted molar refractivity (Wildman–Crippen MR) is 142 cm³/mol. The van der Waals surface area contributed by atoms with Gasteiger partial charge in [0.05, 0.1) is 18.9 Å². The van der Waals surface area contributed by atoms with Crippen LogP contribution in [0.4, 0.5) is 5.69 Å². The third-order valence-electron chi connectivity index (χ3n) is 5.82. The number of rotatable bonds is 9. The number of anilines is 1. The van der Waals surface area contributed by atoms with E-state index in [2.05, 4.69) is 20.8 Å². The van der Waals surface area contributed by atoms with Gasteiger partial charge in [0.1, 0.15) is 5.75 Å². The number of carbonyl (C=O) groups excluding carboxylic acids is 2. The molecule has 0 aliphatic heterocycles. The molecule has 0 fully saturated rings. The van der Waals surface area contributed by atoms with Crippen LogP contribution in [-0.4, -0.2) is 39.4 Å². The van der Waals surface area contributed by atoms with Crippen molar-refractivity contribution < 1.29 is 14.3 Å². The topological polar surface area (TPSA) is 98.1 Å².